The van der Waals surface area contributed by atoms with Crippen LogP contribution in [0.1, 0.15) is 0 Å². The molecule has 0 saturated heterocycles. The molecule has 0 spiro atoms. The molecule has 18 heavy (non-hydrogen) atoms. The van der Waals surface area contributed by atoms with Gasteiger partial charge in [0.25, 0.3) is 0 Å². The SMILES string of the molecule is Cn1ncc(-c2ccc3c(ccn3C)c2F)c1N. The van der Waals surface area contributed by atoms with Crippen LogP contribution in [-0.4, -0.2) is 14.3 Å². The van der Waals surface area contributed by atoms with Gasteiger partial charge in [-0.2, -0.15) is 5.10 Å². The maximum Gasteiger partial charge on any atom is 0.140 e. The van der Waals surface area contributed by atoms with Gasteiger partial charge in [-0.15, -0.1) is 0 Å². The maximum absolute atomic E-state index is 14.5. The molecule has 0 aliphatic heterocycles. The highest BCUT2D eigenvalue weighted by atomic mass is 19.1. The summed E-state index contributed by atoms with van der Waals surface area (Å²) in [6, 6.07) is 5.39. The van der Waals surface area contributed by atoms with Crippen LogP contribution >= 0.6 is 0 Å². The average Bonchev–Trinajstić information content (AvgIpc) is 2.88. The Morgan fingerprint density at radius 1 is 1.17 bits per heavy atom. The Bertz CT molecular complexity index is 739. The minimum Gasteiger partial charge on any atom is -0.383 e. The quantitative estimate of drug-likeness (QED) is 0.714. The normalized spacial score (nSPS) is 11.3. The summed E-state index contributed by atoms with van der Waals surface area (Å²) < 4.78 is 17.9. The van der Waals surface area contributed by atoms with Gasteiger partial charge < -0.3 is 10.3 Å². The molecule has 3 rings (SSSR count). The van der Waals surface area contributed by atoms with Crippen LogP contribution in [-0.2, 0) is 14.1 Å². The lowest BCUT2D eigenvalue weighted by atomic mass is 10.1. The van der Waals surface area contributed by atoms with E-state index in [1.165, 1.54) is 4.68 Å². The molecule has 1 aromatic carbocycles. The van der Waals surface area contributed by atoms with Crippen molar-refractivity contribution in [3.8, 4) is 11.1 Å². The topological polar surface area (TPSA) is 48.8 Å². The zero-order chi connectivity index (χ0) is 12.9. The molecule has 0 bridgehead atoms. The van der Waals surface area contributed by atoms with Gasteiger partial charge in [-0.05, 0) is 18.2 Å². The van der Waals surface area contributed by atoms with E-state index in [1.807, 2.05) is 23.9 Å². The monoisotopic (exact) mass is 244 g/mol. The van der Waals surface area contributed by atoms with Crippen LogP contribution in [0.2, 0.25) is 0 Å². The van der Waals surface area contributed by atoms with Crippen molar-refractivity contribution in [3.05, 3.63) is 36.4 Å². The number of hydrogen-bond acceptors (Lipinski definition) is 2. The Morgan fingerprint density at radius 3 is 2.61 bits per heavy atom. The van der Waals surface area contributed by atoms with E-state index in [-0.39, 0.29) is 5.82 Å². The number of nitrogens with zero attached hydrogens (tertiary/aromatic N) is 3. The van der Waals surface area contributed by atoms with Crippen LogP contribution in [0.3, 0.4) is 0 Å². The molecule has 0 unspecified atom stereocenters. The van der Waals surface area contributed by atoms with Gasteiger partial charge in [-0.1, -0.05) is 0 Å². The van der Waals surface area contributed by atoms with Gasteiger partial charge in [-0.25, -0.2) is 4.39 Å². The van der Waals surface area contributed by atoms with Crippen molar-refractivity contribution in [3.63, 3.8) is 0 Å². The second kappa shape index (κ2) is 3.60. The first-order chi connectivity index (χ1) is 8.59. The van der Waals surface area contributed by atoms with Crippen molar-refractivity contribution in [2.75, 3.05) is 5.73 Å². The van der Waals surface area contributed by atoms with Crippen LogP contribution in [0.15, 0.2) is 30.6 Å². The highest BCUT2D eigenvalue weighted by molar-refractivity contribution is 5.88. The second-order valence-corrected chi connectivity index (χ2v) is 4.35. The standard InChI is InChI=1S/C13H13FN4/c1-17-6-5-9-11(17)4-3-8(12(9)14)10-7-16-18(2)13(10)15/h3-7H,15H2,1-2H3. The molecular weight excluding hydrogens is 231 g/mol. The van der Waals surface area contributed by atoms with Gasteiger partial charge in [0.15, 0.2) is 0 Å². The number of nitrogen functional groups attached to an aromatic ring is 1. The number of benzene rings is 1. The molecule has 92 valence electrons. The Kier molecular flexibility index (Phi) is 2.16. The Morgan fingerprint density at radius 2 is 1.94 bits per heavy atom. The molecular formula is C13H13FN4. The molecule has 4 nitrogen and oxygen atoms in total. The van der Waals surface area contributed by atoms with E-state index in [0.717, 1.165) is 5.52 Å². The van der Waals surface area contributed by atoms with Gasteiger partial charge in [0.05, 0.1) is 11.7 Å². The summed E-state index contributed by atoms with van der Waals surface area (Å²) >= 11 is 0. The molecule has 2 aromatic heterocycles. The van der Waals surface area contributed by atoms with Crippen molar-refractivity contribution in [2.24, 2.45) is 14.1 Å². The molecule has 0 amide bonds. The van der Waals surface area contributed by atoms with Gasteiger partial charge in [0, 0.05) is 36.8 Å². The van der Waals surface area contributed by atoms with E-state index in [1.54, 1.807) is 25.4 Å². The zero-order valence-corrected chi connectivity index (χ0v) is 10.2. The fourth-order valence-electron chi connectivity index (χ4n) is 2.18. The van der Waals surface area contributed by atoms with Crippen molar-refractivity contribution >= 4 is 16.7 Å². The van der Waals surface area contributed by atoms with E-state index >= 15 is 0 Å². The van der Waals surface area contributed by atoms with Crippen LogP contribution < -0.4 is 5.73 Å². The third-order valence-electron chi connectivity index (χ3n) is 3.28. The summed E-state index contributed by atoms with van der Waals surface area (Å²) in [5.74, 6) is 0.206. The smallest absolute Gasteiger partial charge is 0.140 e. The lowest BCUT2D eigenvalue weighted by Gasteiger charge is -2.05. The van der Waals surface area contributed by atoms with Gasteiger partial charge >= 0.3 is 0 Å². The van der Waals surface area contributed by atoms with E-state index in [2.05, 4.69) is 5.10 Å². The molecule has 2 N–H and O–H groups in total. The van der Waals surface area contributed by atoms with Crippen LogP contribution in [0.5, 0.6) is 0 Å². The predicted octanol–water partition coefficient (Wildman–Crippen LogP) is 2.30. The third kappa shape index (κ3) is 1.33. The Labute approximate surface area is 103 Å². The zero-order valence-electron chi connectivity index (χ0n) is 10.2. The number of halogens is 1. The number of aryl methyl sites for hydroxylation is 2. The molecule has 0 radical (unpaired) electrons. The molecule has 0 aliphatic carbocycles. The minimum atomic E-state index is -0.257. The minimum absolute atomic E-state index is 0.257. The van der Waals surface area contributed by atoms with Crippen molar-refractivity contribution in [1.82, 2.24) is 14.3 Å². The molecule has 0 fully saturated rings. The molecule has 0 saturated carbocycles. The fraction of sp³-hybridized carbons (Fsp3) is 0.154. The van der Waals surface area contributed by atoms with Gasteiger partial charge in [0.2, 0.25) is 0 Å². The summed E-state index contributed by atoms with van der Waals surface area (Å²) in [5, 5.41) is 4.63. The number of nitrogens with two attached hydrogens (primary N) is 1. The molecule has 5 heteroatoms. The van der Waals surface area contributed by atoms with E-state index in [0.29, 0.717) is 22.3 Å². The first-order valence-electron chi connectivity index (χ1n) is 5.61. The number of aromatic nitrogens is 3. The van der Waals surface area contributed by atoms with Crippen LogP contribution in [0.4, 0.5) is 10.2 Å². The Balaban J connectivity index is 2.30. The lowest BCUT2D eigenvalue weighted by molar-refractivity contribution is 0.643. The molecule has 3 aromatic rings. The van der Waals surface area contributed by atoms with Crippen molar-refractivity contribution in [2.45, 2.75) is 0 Å². The van der Waals surface area contributed by atoms with Crippen molar-refractivity contribution in [1.29, 1.82) is 0 Å². The van der Waals surface area contributed by atoms with Crippen molar-refractivity contribution < 1.29 is 4.39 Å². The average molecular weight is 244 g/mol. The summed E-state index contributed by atoms with van der Waals surface area (Å²) in [6.07, 6.45) is 3.42. The lowest BCUT2D eigenvalue weighted by Crippen LogP contribution is -1.98. The largest absolute Gasteiger partial charge is 0.383 e. The number of hydrogen-bond donors (Lipinski definition) is 1. The van der Waals surface area contributed by atoms with E-state index in [9.17, 15) is 4.39 Å². The highest BCUT2D eigenvalue weighted by Crippen LogP contribution is 2.32. The Hall–Kier alpha value is -2.30. The molecule has 0 atom stereocenters. The molecule has 2 heterocycles. The van der Waals surface area contributed by atoms with E-state index in [4.69, 9.17) is 5.73 Å². The number of fused-ring (bicyclic) bond motifs is 1. The second-order valence-electron chi connectivity index (χ2n) is 4.35. The third-order valence-corrected chi connectivity index (χ3v) is 3.28. The highest BCUT2D eigenvalue weighted by Gasteiger charge is 2.15. The summed E-state index contributed by atoms with van der Waals surface area (Å²) in [4.78, 5) is 0. The molecule has 0 aliphatic rings. The van der Waals surface area contributed by atoms with Gasteiger partial charge in [0.1, 0.15) is 11.6 Å². The van der Waals surface area contributed by atoms with Crippen LogP contribution in [0, 0.1) is 5.82 Å². The number of rotatable bonds is 1. The van der Waals surface area contributed by atoms with Gasteiger partial charge in [-0.3, -0.25) is 4.68 Å². The van der Waals surface area contributed by atoms with E-state index < -0.39 is 0 Å². The maximum atomic E-state index is 14.5. The summed E-state index contributed by atoms with van der Waals surface area (Å²) in [7, 11) is 3.62. The summed E-state index contributed by atoms with van der Waals surface area (Å²) in [5.41, 5.74) is 7.85. The predicted molar refractivity (Wildman–Crippen MR) is 69.5 cm³/mol. The summed E-state index contributed by atoms with van der Waals surface area (Å²) in [6.45, 7) is 0. The van der Waals surface area contributed by atoms with Crippen LogP contribution in [0.25, 0.3) is 22.0 Å². The first kappa shape index (κ1) is 10.8. The first-order valence-corrected chi connectivity index (χ1v) is 5.61. The number of anilines is 1. The fourth-order valence-corrected chi connectivity index (χ4v) is 2.18.